The van der Waals surface area contributed by atoms with Gasteiger partial charge in [0.25, 0.3) is 0 Å². The molecule has 23 heavy (non-hydrogen) atoms. The van der Waals surface area contributed by atoms with Gasteiger partial charge in [0.1, 0.15) is 11.2 Å². The van der Waals surface area contributed by atoms with Crippen molar-refractivity contribution >= 4 is 11.9 Å². The van der Waals surface area contributed by atoms with Crippen LogP contribution in [0.2, 0.25) is 0 Å². The molecule has 2 unspecified atom stereocenters. The van der Waals surface area contributed by atoms with Crippen LogP contribution in [0.25, 0.3) is 0 Å². The maximum absolute atomic E-state index is 12.5. The van der Waals surface area contributed by atoms with E-state index in [1.807, 2.05) is 26.0 Å². The topological polar surface area (TPSA) is 61.8 Å². The summed E-state index contributed by atoms with van der Waals surface area (Å²) in [6, 6.07) is 0. The summed E-state index contributed by atoms with van der Waals surface area (Å²) >= 11 is 0. The predicted molar refractivity (Wildman–Crippen MR) is 85.8 cm³/mol. The van der Waals surface area contributed by atoms with Crippen LogP contribution >= 0.6 is 0 Å². The number of rotatable bonds is 8. The summed E-state index contributed by atoms with van der Waals surface area (Å²) < 4.78 is 16.6. The Morgan fingerprint density at radius 2 is 1.30 bits per heavy atom. The number of fused-ring (bicyclic) bond motifs is 2. The third kappa shape index (κ3) is 3.34. The van der Waals surface area contributed by atoms with Crippen LogP contribution in [-0.4, -0.2) is 36.4 Å². The number of ether oxygens (including phenoxy) is 3. The van der Waals surface area contributed by atoms with Crippen molar-refractivity contribution in [3.05, 3.63) is 23.3 Å². The molecule has 2 bridgehead atoms. The molecule has 0 radical (unpaired) electrons. The first-order valence-electron chi connectivity index (χ1n) is 8.38. The van der Waals surface area contributed by atoms with E-state index in [1.54, 1.807) is 13.8 Å². The van der Waals surface area contributed by atoms with Gasteiger partial charge in [-0.05, 0) is 38.8 Å². The van der Waals surface area contributed by atoms with Crippen LogP contribution in [0.15, 0.2) is 23.3 Å². The lowest BCUT2D eigenvalue weighted by Gasteiger charge is -2.20. The van der Waals surface area contributed by atoms with Crippen LogP contribution in [-0.2, 0) is 23.8 Å². The number of hydrogen-bond donors (Lipinski definition) is 0. The van der Waals surface area contributed by atoms with E-state index in [4.69, 9.17) is 14.2 Å². The van der Waals surface area contributed by atoms with E-state index in [1.165, 1.54) is 0 Å². The van der Waals surface area contributed by atoms with Crippen molar-refractivity contribution in [2.24, 2.45) is 0 Å². The molecule has 0 aromatic carbocycles. The molecule has 2 aliphatic rings. The third-order valence-electron chi connectivity index (χ3n) is 4.26. The van der Waals surface area contributed by atoms with E-state index >= 15 is 0 Å². The predicted octanol–water partition coefficient (Wildman–Crippen LogP) is 3.09. The molecule has 2 heterocycles. The maximum atomic E-state index is 12.5. The fourth-order valence-electron chi connectivity index (χ4n) is 2.96. The Kier molecular flexibility index (Phi) is 5.30. The van der Waals surface area contributed by atoms with E-state index in [2.05, 4.69) is 0 Å². The summed E-state index contributed by atoms with van der Waals surface area (Å²) in [6.07, 6.45) is 7.08. The largest absolute Gasteiger partial charge is 0.462 e. The SMILES string of the molecule is CCCCOC(=O)C1=C(C(=O)OCCCC)C2(C)C=CC1(C)O2. The second-order valence-corrected chi connectivity index (χ2v) is 6.38. The monoisotopic (exact) mass is 322 g/mol. The first-order valence-corrected chi connectivity index (χ1v) is 8.38. The average molecular weight is 322 g/mol. The maximum Gasteiger partial charge on any atom is 0.337 e. The lowest BCUT2D eigenvalue weighted by molar-refractivity contribution is -0.142. The molecule has 2 atom stereocenters. The summed E-state index contributed by atoms with van der Waals surface area (Å²) in [6.45, 7) is 8.28. The number of hydrogen-bond acceptors (Lipinski definition) is 5. The summed E-state index contributed by atoms with van der Waals surface area (Å²) in [5, 5.41) is 0. The number of esters is 2. The van der Waals surface area contributed by atoms with Crippen LogP contribution in [0.1, 0.15) is 53.4 Å². The van der Waals surface area contributed by atoms with Crippen molar-refractivity contribution in [2.75, 3.05) is 13.2 Å². The van der Waals surface area contributed by atoms with Crippen LogP contribution in [0.3, 0.4) is 0 Å². The molecular formula is C18H26O5. The Hall–Kier alpha value is -1.62. The van der Waals surface area contributed by atoms with Crippen molar-refractivity contribution in [3.8, 4) is 0 Å². The molecule has 128 valence electrons. The highest BCUT2D eigenvalue weighted by atomic mass is 16.6. The van der Waals surface area contributed by atoms with E-state index in [0.29, 0.717) is 13.2 Å². The summed E-state index contributed by atoms with van der Waals surface area (Å²) in [7, 11) is 0. The van der Waals surface area contributed by atoms with E-state index < -0.39 is 23.1 Å². The van der Waals surface area contributed by atoms with Gasteiger partial charge in [0, 0.05) is 0 Å². The van der Waals surface area contributed by atoms with Gasteiger partial charge in [-0.1, -0.05) is 26.7 Å². The van der Waals surface area contributed by atoms with Gasteiger partial charge < -0.3 is 14.2 Å². The number of unbranched alkanes of at least 4 members (excludes halogenated alkanes) is 2. The normalized spacial score (nSPS) is 28.3. The van der Waals surface area contributed by atoms with Gasteiger partial charge in [0.15, 0.2) is 0 Å². The molecule has 0 aromatic rings. The standard InChI is InChI=1S/C18H26O5/c1-5-7-11-21-15(19)13-14(16(20)22-12-8-6-2)18(4)10-9-17(13,3)23-18/h9-10H,5-8,11-12H2,1-4H3. The molecule has 5 heteroatoms. The Balaban J connectivity index is 2.25. The van der Waals surface area contributed by atoms with Crippen molar-refractivity contribution < 1.29 is 23.8 Å². The van der Waals surface area contributed by atoms with E-state index in [-0.39, 0.29) is 11.1 Å². The van der Waals surface area contributed by atoms with Crippen LogP contribution < -0.4 is 0 Å². The van der Waals surface area contributed by atoms with Crippen LogP contribution in [0, 0.1) is 0 Å². The molecule has 2 rings (SSSR count). The quantitative estimate of drug-likeness (QED) is 0.390. The van der Waals surface area contributed by atoms with Crippen molar-refractivity contribution in [2.45, 2.75) is 64.6 Å². The van der Waals surface area contributed by atoms with E-state index in [0.717, 1.165) is 25.7 Å². The van der Waals surface area contributed by atoms with Gasteiger partial charge in [0.05, 0.1) is 24.4 Å². The molecule has 0 saturated heterocycles. The van der Waals surface area contributed by atoms with Crippen LogP contribution in [0.4, 0.5) is 0 Å². The molecule has 0 aromatic heterocycles. The third-order valence-corrected chi connectivity index (χ3v) is 4.26. The summed E-state index contributed by atoms with van der Waals surface area (Å²) in [5.74, 6) is -0.979. The molecule has 5 nitrogen and oxygen atoms in total. The Bertz CT molecular complexity index is 502. The molecule has 0 spiro atoms. The second kappa shape index (κ2) is 6.87. The minimum Gasteiger partial charge on any atom is -0.462 e. The van der Waals surface area contributed by atoms with Gasteiger partial charge >= 0.3 is 11.9 Å². The van der Waals surface area contributed by atoms with Gasteiger partial charge in [-0.15, -0.1) is 0 Å². The smallest absolute Gasteiger partial charge is 0.337 e. The Morgan fingerprint density at radius 3 is 1.65 bits per heavy atom. The highest BCUT2D eigenvalue weighted by Crippen LogP contribution is 2.50. The molecule has 0 fully saturated rings. The van der Waals surface area contributed by atoms with Gasteiger partial charge in [0.2, 0.25) is 0 Å². The first-order chi connectivity index (χ1) is 10.9. The number of carbonyl (C=O) groups excluding carboxylic acids is 2. The van der Waals surface area contributed by atoms with Gasteiger partial charge in [-0.3, -0.25) is 0 Å². The molecule has 0 amide bonds. The zero-order valence-corrected chi connectivity index (χ0v) is 14.4. The minimum absolute atomic E-state index is 0.278. The number of carbonyl (C=O) groups is 2. The zero-order valence-electron chi connectivity index (χ0n) is 14.4. The molecule has 0 N–H and O–H groups in total. The highest BCUT2D eigenvalue weighted by Gasteiger charge is 2.58. The highest BCUT2D eigenvalue weighted by molar-refractivity contribution is 6.05. The summed E-state index contributed by atoms with van der Waals surface area (Å²) in [5.41, 5.74) is -1.28. The summed E-state index contributed by atoms with van der Waals surface area (Å²) in [4.78, 5) is 25.0. The van der Waals surface area contributed by atoms with E-state index in [9.17, 15) is 9.59 Å². The molecular weight excluding hydrogens is 296 g/mol. The van der Waals surface area contributed by atoms with Gasteiger partial charge in [-0.2, -0.15) is 0 Å². The first kappa shape index (κ1) is 17.7. The molecule has 0 aliphatic carbocycles. The fraction of sp³-hybridized carbons (Fsp3) is 0.667. The Morgan fingerprint density at radius 1 is 0.913 bits per heavy atom. The lowest BCUT2D eigenvalue weighted by Crippen LogP contribution is -2.30. The molecule has 0 saturated carbocycles. The lowest BCUT2D eigenvalue weighted by atomic mass is 9.83. The fourth-order valence-corrected chi connectivity index (χ4v) is 2.96. The second-order valence-electron chi connectivity index (χ2n) is 6.38. The van der Waals surface area contributed by atoms with Crippen molar-refractivity contribution in [1.29, 1.82) is 0 Å². The minimum atomic E-state index is -0.919. The molecule has 2 aliphatic heterocycles. The van der Waals surface area contributed by atoms with Crippen molar-refractivity contribution in [1.82, 2.24) is 0 Å². The average Bonchev–Trinajstić information content (AvgIpc) is 2.93. The zero-order chi connectivity index (χ0) is 17.1. The van der Waals surface area contributed by atoms with Gasteiger partial charge in [-0.25, -0.2) is 9.59 Å². The van der Waals surface area contributed by atoms with Crippen LogP contribution in [0.5, 0.6) is 0 Å². The Labute approximate surface area is 137 Å². The van der Waals surface area contributed by atoms with Crippen molar-refractivity contribution in [3.63, 3.8) is 0 Å².